The first-order valence-corrected chi connectivity index (χ1v) is 11.6. The predicted octanol–water partition coefficient (Wildman–Crippen LogP) is 1.84. The number of aryl methyl sites for hydroxylation is 1. The van der Waals surface area contributed by atoms with Gasteiger partial charge < -0.3 is 30.3 Å². The Kier molecular flexibility index (Phi) is 7.49. The second-order valence-electron chi connectivity index (χ2n) is 7.68. The molecule has 12 heteroatoms. The fourth-order valence-corrected chi connectivity index (χ4v) is 4.02. The zero-order valence-corrected chi connectivity index (χ0v) is 19.6. The van der Waals surface area contributed by atoms with Crippen LogP contribution in [0.5, 0.6) is 11.5 Å². The summed E-state index contributed by atoms with van der Waals surface area (Å²) in [5, 5.41) is 27.9. The Balaban J connectivity index is 1.40. The van der Waals surface area contributed by atoms with Gasteiger partial charge in [-0.3, -0.25) is 4.79 Å². The number of fused-ring (bicyclic) bond motifs is 1. The van der Waals surface area contributed by atoms with Crippen LogP contribution in [0.25, 0.3) is 0 Å². The number of carbonyl (C=O) groups is 1. The fourth-order valence-electron chi connectivity index (χ4n) is 3.48. The van der Waals surface area contributed by atoms with Gasteiger partial charge in [0.2, 0.25) is 0 Å². The molecule has 1 aromatic heterocycles. The largest absolute Gasteiger partial charge is 0.547 e. The molecule has 1 aliphatic rings. The van der Waals surface area contributed by atoms with E-state index >= 15 is 0 Å². The molecule has 0 aliphatic carbocycles. The lowest BCUT2D eigenvalue weighted by Gasteiger charge is -2.29. The molecule has 1 atom stereocenters. The van der Waals surface area contributed by atoms with Crippen molar-refractivity contribution in [2.24, 2.45) is 5.16 Å². The van der Waals surface area contributed by atoms with Crippen LogP contribution in [0, 0.1) is 18.3 Å². The van der Waals surface area contributed by atoms with Crippen molar-refractivity contribution in [3.8, 4) is 17.6 Å². The Morgan fingerprint density at radius 2 is 2.17 bits per heavy atom. The molecule has 0 radical (unpaired) electrons. The van der Waals surface area contributed by atoms with Gasteiger partial charge in [-0.1, -0.05) is 23.4 Å². The predicted molar refractivity (Wildman–Crippen MR) is 131 cm³/mol. The van der Waals surface area contributed by atoms with E-state index in [1.165, 1.54) is 0 Å². The molecule has 2 aromatic carbocycles. The summed E-state index contributed by atoms with van der Waals surface area (Å²) in [6.07, 6.45) is 0.385. The third-order valence-corrected chi connectivity index (χ3v) is 5.87. The second kappa shape index (κ2) is 10.9. The highest BCUT2D eigenvalue weighted by molar-refractivity contribution is 7.13. The van der Waals surface area contributed by atoms with Gasteiger partial charge in [-0.2, -0.15) is 5.26 Å². The molecule has 1 aliphatic heterocycles. The first kappa shape index (κ1) is 24.1. The highest BCUT2D eigenvalue weighted by Crippen LogP contribution is 2.29. The highest BCUT2D eigenvalue weighted by Gasteiger charge is 2.37. The summed E-state index contributed by atoms with van der Waals surface area (Å²) in [6, 6.07) is 14.4. The number of aromatic nitrogens is 1. The van der Waals surface area contributed by atoms with Crippen LogP contribution >= 0.6 is 11.3 Å². The number of nitrogens with one attached hydrogen (secondary N) is 1. The van der Waals surface area contributed by atoms with Gasteiger partial charge in [0.1, 0.15) is 23.8 Å². The molecule has 4 rings (SSSR count). The van der Waals surface area contributed by atoms with Gasteiger partial charge in [0.25, 0.3) is 5.91 Å². The molecule has 2 heterocycles. The van der Waals surface area contributed by atoms with E-state index in [2.05, 4.69) is 15.5 Å². The van der Waals surface area contributed by atoms with Crippen molar-refractivity contribution in [2.75, 3.05) is 18.9 Å². The maximum absolute atomic E-state index is 13.1. The molecule has 3 aromatic rings. The van der Waals surface area contributed by atoms with Crippen LogP contribution in [-0.4, -0.2) is 47.9 Å². The first-order valence-electron chi connectivity index (χ1n) is 10.7. The molecule has 178 valence electrons. The van der Waals surface area contributed by atoms with E-state index in [0.29, 0.717) is 23.5 Å². The topological polar surface area (TPSA) is 152 Å². The van der Waals surface area contributed by atoms with Crippen molar-refractivity contribution in [3.63, 3.8) is 0 Å². The number of anilines is 1. The number of carbonyl (C=O) groups excluding carboxylic acids is 1. The van der Waals surface area contributed by atoms with Crippen molar-refractivity contribution in [1.82, 2.24) is 10.3 Å². The summed E-state index contributed by atoms with van der Waals surface area (Å²) in [4.78, 5) is 22.5. The fraction of sp³-hybridized carbons (Fsp3) is 0.217. The lowest BCUT2D eigenvalue weighted by molar-refractivity contribution is -0.115. The average Bonchev–Trinajstić information content (AvgIpc) is 3.28. The number of nitriles is 1. The zero-order chi connectivity index (χ0) is 24.8. The van der Waals surface area contributed by atoms with E-state index < -0.39 is 19.0 Å². The Labute approximate surface area is 206 Å². The monoisotopic (exact) mass is 491 g/mol. The normalized spacial score (nSPS) is 14.9. The maximum Gasteiger partial charge on any atom is 0.547 e. The van der Waals surface area contributed by atoms with Crippen LogP contribution in [0.15, 0.2) is 53.0 Å². The van der Waals surface area contributed by atoms with E-state index in [-0.39, 0.29) is 29.8 Å². The van der Waals surface area contributed by atoms with Gasteiger partial charge in [0.15, 0.2) is 17.5 Å². The number of para-hydroxylation sites is 1. The van der Waals surface area contributed by atoms with Gasteiger partial charge in [-0.25, -0.2) is 4.98 Å². The first-order chi connectivity index (χ1) is 16.9. The average molecular weight is 491 g/mol. The Bertz CT molecular complexity index is 1270. The summed E-state index contributed by atoms with van der Waals surface area (Å²) in [5.74, 6) is -0.0920. The zero-order valence-electron chi connectivity index (χ0n) is 18.8. The molecular formula is C23H22BN5O5S. The molecule has 0 bridgehead atoms. The van der Waals surface area contributed by atoms with Gasteiger partial charge in [-0.15, -0.1) is 11.3 Å². The number of benzene rings is 2. The number of oxime groups is 1. The van der Waals surface area contributed by atoms with E-state index in [9.17, 15) is 9.82 Å². The molecular weight excluding hydrogens is 469 g/mol. The summed E-state index contributed by atoms with van der Waals surface area (Å²) < 4.78 is 11.2. The highest BCUT2D eigenvalue weighted by atomic mass is 32.1. The Morgan fingerprint density at radius 3 is 2.89 bits per heavy atom. The molecule has 4 N–H and O–H groups in total. The summed E-state index contributed by atoms with van der Waals surface area (Å²) in [7, 11) is -1.23. The van der Waals surface area contributed by atoms with Crippen molar-refractivity contribution in [2.45, 2.75) is 19.3 Å². The third kappa shape index (κ3) is 5.89. The van der Waals surface area contributed by atoms with Gasteiger partial charge in [-0.05, 0) is 48.7 Å². The molecule has 0 unspecified atom stereocenters. The molecule has 0 spiro atoms. The SMILES string of the molecule is Cc1cccc2c1OB(O)[C@@H](NC(=O)/C(=N\OCCOc1ccc(C#N)cc1)c1csc(N)n1)C2. The molecule has 0 fully saturated rings. The van der Waals surface area contributed by atoms with Crippen LogP contribution in [0.1, 0.15) is 22.4 Å². The van der Waals surface area contributed by atoms with Crippen LogP contribution in [-0.2, 0) is 16.1 Å². The number of nitrogens with two attached hydrogens (primary N) is 1. The van der Waals surface area contributed by atoms with Crippen LogP contribution in [0.4, 0.5) is 5.13 Å². The lowest BCUT2D eigenvalue weighted by Crippen LogP contribution is -2.54. The minimum atomic E-state index is -1.23. The van der Waals surface area contributed by atoms with E-state index in [1.54, 1.807) is 29.6 Å². The van der Waals surface area contributed by atoms with Crippen molar-refractivity contribution in [1.29, 1.82) is 5.26 Å². The second-order valence-corrected chi connectivity index (χ2v) is 8.57. The van der Waals surface area contributed by atoms with E-state index in [4.69, 9.17) is 25.2 Å². The minimum absolute atomic E-state index is 0.0538. The number of hydrogen-bond donors (Lipinski definition) is 3. The smallest absolute Gasteiger partial charge is 0.534 e. The number of thiazole rings is 1. The number of amides is 1. The summed E-state index contributed by atoms with van der Waals surface area (Å²) in [5.41, 5.74) is 8.22. The van der Waals surface area contributed by atoms with Crippen molar-refractivity contribution < 1.29 is 24.0 Å². The van der Waals surface area contributed by atoms with Crippen molar-refractivity contribution in [3.05, 3.63) is 70.2 Å². The number of rotatable bonds is 8. The maximum atomic E-state index is 13.1. The molecule has 0 saturated carbocycles. The van der Waals surface area contributed by atoms with Crippen LogP contribution in [0.2, 0.25) is 0 Å². The summed E-state index contributed by atoms with van der Waals surface area (Å²) >= 11 is 1.16. The lowest BCUT2D eigenvalue weighted by atomic mass is 9.72. The van der Waals surface area contributed by atoms with Crippen molar-refractivity contribution >= 4 is 35.2 Å². The van der Waals surface area contributed by atoms with Gasteiger partial charge in [0.05, 0.1) is 17.6 Å². The van der Waals surface area contributed by atoms with Crippen LogP contribution in [0.3, 0.4) is 0 Å². The number of nitrogens with zero attached hydrogens (tertiary/aromatic N) is 3. The van der Waals surface area contributed by atoms with E-state index in [1.807, 2.05) is 31.2 Å². The minimum Gasteiger partial charge on any atom is -0.534 e. The Hall–Kier alpha value is -4.08. The summed E-state index contributed by atoms with van der Waals surface area (Å²) in [6.45, 7) is 2.11. The number of ether oxygens (including phenoxy) is 1. The van der Waals surface area contributed by atoms with Gasteiger partial charge >= 0.3 is 7.12 Å². The third-order valence-electron chi connectivity index (χ3n) is 5.19. The molecule has 35 heavy (non-hydrogen) atoms. The van der Waals surface area contributed by atoms with E-state index in [0.717, 1.165) is 22.5 Å². The molecule has 0 saturated heterocycles. The molecule has 1 amide bonds. The van der Waals surface area contributed by atoms with Gasteiger partial charge in [0, 0.05) is 5.38 Å². The molecule has 10 nitrogen and oxygen atoms in total. The number of hydrogen-bond acceptors (Lipinski definition) is 10. The quantitative estimate of drug-likeness (QED) is 0.187. The standard InChI is InChI=1S/C23H22BN5O5S/c1-14-3-2-4-16-11-19(24(31)34-21(14)16)28-22(30)20(18-13-35-23(26)27-18)29-33-10-9-32-17-7-5-15(12-25)6-8-17/h2-8,13,19,31H,9-11H2,1H3,(H2,26,27)(H,28,30)/b29-20-/t19-/m0/s1. The van der Waals surface area contributed by atoms with Crippen LogP contribution < -0.4 is 20.4 Å². The number of nitrogen functional groups attached to an aromatic ring is 1. The Morgan fingerprint density at radius 1 is 1.37 bits per heavy atom.